The van der Waals surface area contributed by atoms with E-state index in [0.29, 0.717) is 6.54 Å². The van der Waals surface area contributed by atoms with Gasteiger partial charge in [-0.3, -0.25) is 18.9 Å². The zero-order valence-electron chi connectivity index (χ0n) is 17.9. The Kier molecular flexibility index (Phi) is 8.77. The van der Waals surface area contributed by atoms with E-state index in [1.54, 1.807) is 0 Å². The van der Waals surface area contributed by atoms with Crippen molar-refractivity contribution in [1.29, 1.82) is 0 Å². The van der Waals surface area contributed by atoms with Crippen LogP contribution in [0.1, 0.15) is 37.4 Å². The van der Waals surface area contributed by atoms with Crippen LogP contribution in [0.15, 0.2) is 15.8 Å². The molecule has 2 unspecified atom stereocenters. The number of H-pyrrole nitrogens is 1. The van der Waals surface area contributed by atoms with Gasteiger partial charge in [0.25, 0.3) is 5.56 Å². The number of nitrogens with one attached hydrogen (secondary N) is 1. The summed E-state index contributed by atoms with van der Waals surface area (Å²) in [5, 5.41) is 20.6. The Balaban J connectivity index is 1.70. The molecule has 35 heavy (non-hydrogen) atoms. The lowest BCUT2D eigenvalue weighted by Gasteiger charge is -2.19. The second kappa shape index (κ2) is 10.8. The number of aromatic amines is 1. The number of phosphoric acid groups is 3. The third-order valence-electron chi connectivity index (χ3n) is 5.45. The van der Waals surface area contributed by atoms with Gasteiger partial charge in [-0.25, -0.2) is 18.5 Å². The Hall–Kier alpha value is -1.03. The summed E-state index contributed by atoms with van der Waals surface area (Å²) >= 11 is 0. The van der Waals surface area contributed by atoms with Crippen LogP contribution in [0, 0.1) is 5.92 Å². The number of ether oxygens (including phenoxy) is 1. The molecule has 1 aromatic rings. The first-order valence-electron chi connectivity index (χ1n) is 10.2. The summed E-state index contributed by atoms with van der Waals surface area (Å²) in [7, 11) is -16.8. The molecule has 0 amide bonds. The highest BCUT2D eigenvalue weighted by Gasteiger charge is 2.47. The summed E-state index contributed by atoms with van der Waals surface area (Å²) in [6.45, 7) is -0.707. The molecule has 7 N–H and O–H groups in total. The van der Waals surface area contributed by atoms with Gasteiger partial charge in [-0.2, -0.15) is 8.62 Å². The van der Waals surface area contributed by atoms with Crippen molar-refractivity contribution in [2.24, 2.45) is 5.92 Å². The molecule has 20 heteroatoms. The smallest absolute Gasteiger partial charge is 0.387 e. The molecule has 3 rings (SSSR count). The minimum Gasteiger partial charge on any atom is -0.387 e. The molecule has 1 saturated heterocycles. The van der Waals surface area contributed by atoms with E-state index in [2.05, 4.69) is 18.1 Å². The maximum Gasteiger partial charge on any atom is 0.490 e. The third kappa shape index (κ3) is 7.73. The van der Waals surface area contributed by atoms with Crippen LogP contribution in [0.3, 0.4) is 0 Å². The van der Waals surface area contributed by atoms with E-state index < -0.39 is 65.7 Å². The molecular formula is C15H25N2O15P3. The zero-order chi connectivity index (χ0) is 26.2. The highest BCUT2D eigenvalue weighted by molar-refractivity contribution is 7.66. The van der Waals surface area contributed by atoms with Gasteiger partial charge in [-0.05, 0) is 18.8 Å². The number of aromatic nitrogens is 2. The second-order valence-electron chi connectivity index (χ2n) is 8.11. The molecule has 0 radical (unpaired) electrons. The topological polar surface area (TPSA) is 264 Å². The number of hydrogen-bond donors (Lipinski definition) is 7. The minimum absolute atomic E-state index is 0.199. The fraction of sp³-hybridized carbons (Fsp3) is 0.733. The van der Waals surface area contributed by atoms with E-state index in [9.17, 15) is 38.4 Å². The Morgan fingerprint density at radius 3 is 2.23 bits per heavy atom. The largest absolute Gasteiger partial charge is 0.490 e. The van der Waals surface area contributed by atoms with Crippen LogP contribution in [0.5, 0.6) is 0 Å². The van der Waals surface area contributed by atoms with Crippen molar-refractivity contribution < 1.29 is 61.4 Å². The van der Waals surface area contributed by atoms with Crippen molar-refractivity contribution in [1.82, 2.24) is 9.55 Å². The van der Waals surface area contributed by atoms with E-state index in [4.69, 9.17) is 19.4 Å². The average molecular weight is 566 g/mol. The lowest BCUT2D eigenvalue weighted by Crippen LogP contribution is -2.36. The maximum atomic E-state index is 12.3. The highest BCUT2D eigenvalue weighted by atomic mass is 31.3. The van der Waals surface area contributed by atoms with Gasteiger partial charge in [-0.15, -0.1) is 0 Å². The first-order chi connectivity index (χ1) is 16.1. The Morgan fingerprint density at radius 1 is 1.00 bits per heavy atom. The maximum absolute atomic E-state index is 12.3. The number of aliphatic hydroxyl groups excluding tert-OH is 2. The molecule has 2 fully saturated rings. The van der Waals surface area contributed by atoms with E-state index in [1.165, 1.54) is 10.8 Å². The molecule has 0 spiro atoms. The molecule has 2 heterocycles. The monoisotopic (exact) mass is 566 g/mol. The molecule has 6 atom stereocenters. The summed E-state index contributed by atoms with van der Waals surface area (Å²) in [6, 6.07) is 0. The SMILES string of the molecule is O=c1[nH]c(=O)n(CC2CCCC2)cc1[C@@H]1O[C@H](COP(=O)(O)OP(=O)(O)OP(=O)(O)O)[C@@H](O)[C@H]1O. The van der Waals surface area contributed by atoms with Crippen LogP contribution in [-0.4, -0.2) is 64.3 Å². The minimum atomic E-state index is -5.75. The van der Waals surface area contributed by atoms with Crippen LogP contribution >= 0.6 is 23.5 Å². The molecule has 1 aromatic heterocycles. The van der Waals surface area contributed by atoms with Crippen LogP contribution in [0.4, 0.5) is 0 Å². The molecule has 2 aliphatic rings. The van der Waals surface area contributed by atoms with E-state index in [-0.39, 0.29) is 11.5 Å². The van der Waals surface area contributed by atoms with Gasteiger partial charge in [0.05, 0.1) is 12.2 Å². The normalized spacial score (nSPS) is 29.2. The quantitative estimate of drug-likeness (QED) is 0.171. The fourth-order valence-electron chi connectivity index (χ4n) is 3.95. The van der Waals surface area contributed by atoms with Crippen molar-refractivity contribution in [3.63, 3.8) is 0 Å². The molecule has 1 aliphatic heterocycles. The molecule has 200 valence electrons. The predicted molar refractivity (Wildman–Crippen MR) is 113 cm³/mol. The predicted octanol–water partition coefficient (Wildman–Crippen LogP) is -0.768. The number of hydrogen-bond acceptors (Lipinski definition) is 11. The van der Waals surface area contributed by atoms with Crippen molar-refractivity contribution in [2.75, 3.05) is 6.61 Å². The van der Waals surface area contributed by atoms with Crippen molar-refractivity contribution >= 4 is 23.5 Å². The lowest BCUT2D eigenvalue weighted by atomic mass is 10.0. The van der Waals surface area contributed by atoms with E-state index in [0.717, 1.165) is 25.7 Å². The Bertz CT molecular complexity index is 1170. The van der Waals surface area contributed by atoms with Gasteiger partial charge < -0.3 is 34.5 Å². The van der Waals surface area contributed by atoms with Gasteiger partial charge >= 0.3 is 29.2 Å². The summed E-state index contributed by atoms with van der Waals surface area (Å²) < 4.78 is 52.1. The summed E-state index contributed by atoms with van der Waals surface area (Å²) in [5.74, 6) is 0.225. The van der Waals surface area contributed by atoms with Crippen LogP contribution < -0.4 is 11.2 Å². The Labute approximate surface area is 196 Å². The molecular weight excluding hydrogens is 541 g/mol. The van der Waals surface area contributed by atoms with Gasteiger partial charge in [0.2, 0.25) is 0 Å². The van der Waals surface area contributed by atoms with Gasteiger partial charge in [0.15, 0.2) is 0 Å². The van der Waals surface area contributed by atoms with Crippen LogP contribution in [0.2, 0.25) is 0 Å². The number of rotatable bonds is 10. The van der Waals surface area contributed by atoms with Gasteiger partial charge in [0.1, 0.15) is 24.4 Å². The number of aliphatic hydroxyl groups is 2. The van der Waals surface area contributed by atoms with E-state index in [1.807, 2.05) is 0 Å². The highest BCUT2D eigenvalue weighted by Crippen LogP contribution is 2.66. The fourth-order valence-corrected chi connectivity index (χ4v) is 6.98. The van der Waals surface area contributed by atoms with Gasteiger partial charge in [-0.1, -0.05) is 12.8 Å². The molecule has 1 aliphatic carbocycles. The average Bonchev–Trinajstić information content (AvgIpc) is 3.29. The number of phosphoric ester groups is 1. The third-order valence-corrected chi connectivity index (χ3v) is 9.26. The summed E-state index contributed by atoms with van der Waals surface area (Å²) in [5.41, 5.74) is -1.75. The van der Waals surface area contributed by atoms with Gasteiger partial charge in [0, 0.05) is 12.7 Å². The first kappa shape index (κ1) is 28.5. The first-order valence-corrected chi connectivity index (χ1v) is 14.7. The van der Waals surface area contributed by atoms with Crippen molar-refractivity contribution in [3.05, 3.63) is 32.6 Å². The summed E-state index contributed by atoms with van der Waals surface area (Å²) in [6.07, 6.45) is -1.49. The van der Waals surface area contributed by atoms with Crippen molar-refractivity contribution in [3.8, 4) is 0 Å². The standard InChI is InChI=1S/C15H25N2O15P3/c18-11-10(7-29-34(25,26)32-35(27,28)31-33(22,23)24)30-13(12(11)19)9-6-17(15(21)16-14(9)20)5-8-3-1-2-4-8/h6,8,10-13,18-19H,1-5,7H2,(H,25,26)(H,27,28)(H,16,20,21)(H2,22,23,24)/t10-,11-,12-,13+/m1/s1. The lowest BCUT2D eigenvalue weighted by molar-refractivity contribution is -0.0228. The Morgan fingerprint density at radius 2 is 1.63 bits per heavy atom. The van der Waals surface area contributed by atoms with Crippen LogP contribution in [-0.2, 0) is 38.1 Å². The zero-order valence-corrected chi connectivity index (χ0v) is 20.5. The molecule has 17 nitrogen and oxygen atoms in total. The summed E-state index contributed by atoms with van der Waals surface area (Å²) in [4.78, 5) is 62.4. The molecule has 1 saturated carbocycles. The molecule has 0 bridgehead atoms. The van der Waals surface area contributed by atoms with Crippen molar-refractivity contribution in [2.45, 2.75) is 56.6 Å². The van der Waals surface area contributed by atoms with E-state index >= 15 is 0 Å². The van der Waals surface area contributed by atoms with Crippen LogP contribution in [0.25, 0.3) is 0 Å². The number of nitrogens with zero attached hydrogens (tertiary/aromatic N) is 1. The second-order valence-corrected chi connectivity index (χ2v) is 12.5. The molecule has 0 aromatic carbocycles.